The van der Waals surface area contributed by atoms with Gasteiger partial charge in [0.2, 0.25) is 0 Å². The highest BCUT2D eigenvalue weighted by Crippen LogP contribution is 2.41. The van der Waals surface area contributed by atoms with Crippen molar-refractivity contribution >= 4 is 0 Å². The molecule has 3 nitrogen and oxygen atoms in total. The summed E-state index contributed by atoms with van der Waals surface area (Å²) in [4.78, 5) is 6.72. The van der Waals surface area contributed by atoms with Crippen molar-refractivity contribution < 1.29 is 4.39 Å². The molecule has 1 saturated carbocycles. The fourth-order valence-electron chi connectivity index (χ4n) is 3.87. The highest BCUT2D eigenvalue weighted by molar-refractivity contribution is 5.22. The molecule has 2 fully saturated rings. The van der Waals surface area contributed by atoms with Crippen molar-refractivity contribution in [2.24, 2.45) is 5.92 Å². The van der Waals surface area contributed by atoms with E-state index >= 15 is 0 Å². The van der Waals surface area contributed by atoms with Crippen LogP contribution in [0.2, 0.25) is 0 Å². The highest BCUT2D eigenvalue weighted by Gasteiger charge is 2.34. The van der Waals surface area contributed by atoms with Crippen molar-refractivity contribution in [2.45, 2.75) is 44.3 Å². The molecule has 2 aliphatic rings. The van der Waals surface area contributed by atoms with E-state index < -0.39 is 0 Å². The average Bonchev–Trinajstić information content (AvgIpc) is 3.48. The molecule has 0 unspecified atom stereocenters. The molecule has 1 atom stereocenters. The molecule has 0 spiro atoms. The van der Waals surface area contributed by atoms with E-state index in [-0.39, 0.29) is 5.82 Å². The summed E-state index contributed by atoms with van der Waals surface area (Å²) in [6, 6.07) is 12.2. The minimum Gasteiger partial charge on any atom is -0.307 e. The van der Waals surface area contributed by atoms with Gasteiger partial charge >= 0.3 is 0 Å². The second kappa shape index (κ2) is 7.63. The predicted octanol–water partition coefficient (Wildman–Crippen LogP) is 3.93. The fourth-order valence-corrected chi connectivity index (χ4v) is 3.87. The number of halogens is 1. The lowest BCUT2D eigenvalue weighted by molar-refractivity contribution is 0.181. The number of nitrogens with one attached hydrogen (secondary N) is 1. The third-order valence-corrected chi connectivity index (χ3v) is 5.45. The summed E-state index contributed by atoms with van der Waals surface area (Å²) in [7, 11) is 0. The van der Waals surface area contributed by atoms with Gasteiger partial charge in [0.1, 0.15) is 5.82 Å². The number of aromatic nitrogens is 1. The lowest BCUT2D eigenvalue weighted by Crippen LogP contribution is -2.43. The summed E-state index contributed by atoms with van der Waals surface area (Å²) >= 11 is 0. The van der Waals surface area contributed by atoms with Gasteiger partial charge < -0.3 is 5.32 Å². The van der Waals surface area contributed by atoms with E-state index in [1.165, 1.54) is 36.8 Å². The normalized spacial score (nSPS) is 20.5. The average molecular weight is 339 g/mol. The van der Waals surface area contributed by atoms with Crippen LogP contribution in [0.1, 0.15) is 42.9 Å². The molecule has 0 amide bonds. The van der Waals surface area contributed by atoms with E-state index in [0.717, 1.165) is 25.6 Å². The number of rotatable bonds is 6. The molecule has 1 aliphatic heterocycles. The van der Waals surface area contributed by atoms with Gasteiger partial charge in [-0.3, -0.25) is 9.88 Å². The monoisotopic (exact) mass is 339 g/mol. The van der Waals surface area contributed by atoms with Gasteiger partial charge in [-0.1, -0.05) is 18.2 Å². The summed E-state index contributed by atoms with van der Waals surface area (Å²) < 4.78 is 13.2. The number of benzene rings is 1. The van der Waals surface area contributed by atoms with Crippen LogP contribution in [0.15, 0.2) is 48.8 Å². The van der Waals surface area contributed by atoms with Crippen LogP contribution in [0.25, 0.3) is 0 Å². The Morgan fingerprint density at radius 3 is 2.48 bits per heavy atom. The quantitative estimate of drug-likeness (QED) is 0.864. The summed E-state index contributed by atoms with van der Waals surface area (Å²) in [5, 5.41) is 3.88. The summed E-state index contributed by atoms with van der Waals surface area (Å²) in [6.45, 7) is 3.23. The van der Waals surface area contributed by atoms with E-state index in [0.29, 0.717) is 12.1 Å². The maximum absolute atomic E-state index is 13.2. The van der Waals surface area contributed by atoms with Crippen LogP contribution < -0.4 is 5.32 Å². The molecule has 1 aliphatic carbocycles. The molecular weight excluding hydrogens is 313 g/mol. The van der Waals surface area contributed by atoms with Gasteiger partial charge in [-0.2, -0.15) is 0 Å². The predicted molar refractivity (Wildman–Crippen MR) is 97.5 cm³/mol. The smallest absolute Gasteiger partial charge is 0.123 e. The van der Waals surface area contributed by atoms with E-state index in [1.54, 1.807) is 12.1 Å². The van der Waals surface area contributed by atoms with Crippen LogP contribution in [0.4, 0.5) is 4.39 Å². The molecule has 4 heteroatoms. The first-order valence-electron chi connectivity index (χ1n) is 9.41. The van der Waals surface area contributed by atoms with Crippen molar-refractivity contribution in [3.63, 3.8) is 0 Å². The zero-order chi connectivity index (χ0) is 17.1. The molecule has 2 aromatic rings. The van der Waals surface area contributed by atoms with Gasteiger partial charge in [0.05, 0.1) is 0 Å². The molecule has 1 aromatic carbocycles. The van der Waals surface area contributed by atoms with Crippen molar-refractivity contribution in [3.8, 4) is 0 Å². The van der Waals surface area contributed by atoms with Gasteiger partial charge in [0.15, 0.2) is 0 Å². The molecule has 2 heterocycles. The number of nitrogens with zero attached hydrogens (tertiary/aromatic N) is 2. The zero-order valence-corrected chi connectivity index (χ0v) is 14.6. The van der Waals surface area contributed by atoms with Gasteiger partial charge in [0, 0.05) is 31.0 Å². The second-order valence-electron chi connectivity index (χ2n) is 7.45. The second-order valence-corrected chi connectivity index (χ2v) is 7.45. The van der Waals surface area contributed by atoms with E-state index in [4.69, 9.17) is 0 Å². The third kappa shape index (κ3) is 4.44. The molecule has 4 rings (SSSR count). The minimum absolute atomic E-state index is 0.151. The Morgan fingerprint density at radius 1 is 1.08 bits per heavy atom. The fraction of sp³-hybridized carbons (Fsp3) is 0.476. The third-order valence-electron chi connectivity index (χ3n) is 5.45. The lowest BCUT2D eigenvalue weighted by Gasteiger charge is -2.35. The Balaban J connectivity index is 1.32. The zero-order valence-electron chi connectivity index (χ0n) is 14.6. The largest absolute Gasteiger partial charge is 0.307 e. The van der Waals surface area contributed by atoms with Crippen molar-refractivity contribution in [1.82, 2.24) is 15.2 Å². The van der Waals surface area contributed by atoms with Crippen LogP contribution in [0, 0.1) is 11.7 Å². The SMILES string of the molecule is Fc1ccc([C@H](NC2CCN(Cc3cccnc3)CC2)C2CC2)cc1. The first kappa shape index (κ1) is 16.7. The molecule has 25 heavy (non-hydrogen) atoms. The lowest BCUT2D eigenvalue weighted by atomic mass is 9.97. The first-order chi connectivity index (χ1) is 12.3. The van der Waals surface area contributed by atoms with Crippen molar-refractivity contribution in [2.75, 3.05) is 13.1 Å². The van der Waals surface area contributed by atoms with Gasteiger partial charge in [0.25, 0.3) is 0 Å². The van der Waals surface area contributed by atoms with Crippen LogP contribution in [-0.2, 0) is 6.54 Å². The number of piperidine rings is 1. The number of hydrogen-bond acceptors (Lipinski definition) is 3. The van der Waals surface area contributed by atoms with Gasteiger partial charge in [-0.25, -0.2) is 4.39 Å². The minimum atomic E-state index is -0.151. The number of pyridine rings is 1. The van der Waals surface area contributed by atoms with Crippen LogP contribution in [0.5, 0.6) is 0 Å². The molecule has 132 valence electrons. The number of likely N-dealkylation sites (tertiary alicyclic amines) is 1. The standard InChI is InChI=1S/C21H26FN3/c22-19-7-5-18(6-8-19)21(17-3-4-17)24-20-9-12-25(13-10-20)15-16-2-1-11-23-14-16/h1-2,5-8,11,14,17,20-21,24H,3-4,9-10,12-13,15H2/t21-/m1/s1. The van der Waals surface area contributed by atoms with Crippen LogP contribution in [-0.4, -0.2) is 29.0 Å². The van der Waals surface area contributed by atoms with Crippen LogP contribution in [0.3, 0.4) is 0 Å². The summed E-state index contributed by atoms with van der Waals surface area (Å²) in [5.74, 6) is 0.570. The molecular formula is C21H26FN3. The summed E-state index contributed by atoms with van der Waals surface area (Å²) in [5.41, 5.74) is 2.53. The first-order valence-corrected chi connectivity index (χ1v) is 9.41. The van der Waals surface area contributed by atoms with E-state index in [9.17, 15) is 4.39 Å². The number of hydrogen-bond donors (Lipinski definition) is 1. The molecule has 1 saturated heterocycles. The van der Waals surface area contributed by atoms with Gasteiger partial charge in [-0.15, -0.1) is 0 Å². The molecule has 1 N–H and O–H groups in total. The van der Waals surface area contributed by atoms with E-state index in [2.05, 4.69) is 21.3 Å². The summed E-state index contributed by atoms with van der Waals surface area (Å²) in [6.07, 6.45) is 8.70. The van der Waals surface area contributed by atoms with E-state index in [1.807, 2.05) is 30.6 Å². The van der Waals surface area contributed by atoms with Crippen molar-refractivity contribution in [3.05, 3.63) is 65.7 Å². The topological polar surface area (TPSA) is 28.2 Å². The Morgan fingerprint density at radius 2 is 1.84 bits per heavy atom. The Bertz CT molecular complexity index is 661. The van der Waals surface area contributed by atoms with Gasteiger partial charge in [-0.05, 0) is 74.0 Å². The highest BCUT2D eigenvalue weighted by atomic mass is 19.1. The Labute approximate surface area is 149 Å². The molecule has 0 radical (unpaired) electrons. The Hall–Kier alpha value is -1.78. The van der Waals surface area contributed by atoms with Crippen molar-refractivity contribution in [1.29, 1.82) is 0 Å². The molecule has 1 aromatic heterocycles. The molecule has 0 bridgehead atoms. The maximum atomic E-state index is 13.2. The Kier molecular flexibility index (Phi) is 5.09. The van der Waals surface area contributed by atoms with Crippen LogP contribution >= 0.6 is 0 Å². The maximum Gasteiger partial charge on any atom is 0.123 e.